The van der Waals surface area contributed by atoms with E-state index < -0.39 is 0 Å². The SMILES string of the molecule is CCCNC(=O)CNc1nc(C(C)(C)C)nc(Cl)c1C. The Morgan fingerprint density at radius 1 is 1.30 bits per heavy atom. The average molecular weight is 299 g/mol. The van der Waals surface area contributed by atoms with Crippen LogP contribution in [-0.4, -0.2) is 29.0 Å². The molecule has 1 aromatic rings. The molecule has 0 saturated carbocycles. The van der Waals surface area contributed by atoms with Gasteiger partial charge in [-0.05, 0) is 13.3 Å². The predicted octanol–water partition coefficient (Wildman–Crippen LogP) is 2.67. The van der Waals surface area contributed by atoms with Crippen LogP contribution in [0.3, 0.4) is 0 Å². The van der Waals surface area contributed by atoms with Crippen molar-refractivity contribution in [2.45, 2.75) is 46.5 Å². The second kappa shape index (κ2) is 6.88. The summed E-state index contributed by atoms with van der Waals surface area (Å²) in [5.74, 6) is 1.21. The van der Waals surface area contributed by atoms with Gasteiger partial charge in [0.2, 0.25) is 5.91 Å². The van der Waals surface area contributed by atoms with E-state index in [4.69, 9.17) is 11.6 Å². The second-order valence-corrected chi connectivity index (χ2v) is 6.12. The van der Waals surface area contributed by atoms with Crippen LogP contribution >= 0.6 is 11.6 Å². The number of nitrogens with one attached hydrogen (secondary N) is 2. The Morgan fingerprint density at radius 3 is 2.50 bits per heavy atom. The van der Waals surface area contributed by atoms with Gasteiger partial charge >= 0.3 is 0 Å². The van der Waals surface area contributed by atoms with Crippen molar-refractivity contribution < 1.29 is 4.79 Å². The molecule has 1 heterocycles. The third kappa shape index (κ3) is 4.63. The van der Waals surface area contributed by atoms with Crippen LogP contribution in [0.2, 0.25) is 5.15 Å². The highest BCUT2D eigenvalue weighted by Crippen LogP contribution is 2.25. The number of halogens is 1. The van der Waals surface area contributed by atoms with Crippen LogP contribution in [0.4, 0.5) is 5.82 Å². The van der Waals surface area contributed by atoms with Crippen LogP contribution in [0.5, 0.6) is 0 Å². The summed E-state index contributed by atoms with van der Waals surface area (Å²) in [4.78, 5) is 20.4. The molecule has 0 aliphatic carbocycles. The highest BCUT2D eigenvalue weighted by atomic mass is 35.5. The standard InChI is InChI=1S/C14H23ClN4O/c1-6-7-16-10(20)8-17-12-9(2)11(15)18-13(19-12)14(3,4)5/h6-8H2,1-5H3,(H,16,20)(H,17,18,19). The monoisotopic (exact) mass is 298 g/mol. The number of rotatable bonds is 5. The molecule has 0 saturated heterocycles. The minimum Gasteiger partial charge on any atom is -0.361 e. The summed E-state index contributed by atoms with van der Waals surface area (Å²) in [7, 11) is 0. The van der Waals surface area contributed by atoms with E-state index in [0.29, 0.717) is 23.3 Å². The van der Waals surface area contributed by atoms with Gasteiger partial charge in [0, 0.05) is 17.5 Å². The fourth-order valence-electron chi connectivity index (χ4n) is 1.49. The summed E-state index contributed by atoms with van der Waals surface area (Å²) in [6, 6.07) is 0. The zero-order chi connectivity index (χ0) is 15.3. The first-order valence-electron chi connectivity index (χ1n) is 6.81. The summed E-state index contributed by atoms with van der Waals surface area (Å²) in [5.41, 5.74) is 0.557. The summed E-state index contributed by atoms with van der Waals surface area (Å²) < 4.78 is 0. The summed E-state index contributed by atoms with van der Waals surface area (Å²) in [6.07, 6.45) is 0.915. The molecule has 1 amide bonds. The number of hydrogen-bond donors (Lipinski definition) is 2. The molecule has 0 atom stereocenters. The van der Waals surface area contributed by atoms with E-state index in [1.165, 1.54) is 0 Å². The quantitative estimate of drug-likeness (QED) is 0.820. The highest BCUT2D eigenvalue weighted by molar-refractivity contribution is 6.30. The lowest BCUT2D eigenvalue weighted by atomic mass is 9.95. The molecular formula is C14H23ClN4O. The van der Waals surface area contributed by atoms with Crippen molar-refractivity contribution in [2.75, 3.05) is 18.4 Å². The number of hydrogen-bond acceptors (Lipinski definition) is 4. The van der Waals surface area contributed by atoms with Crippen molar-refractivity contribution in [1.82, 2.24) is 15.3 Å². The summed E-state index contributed by atoms with van der Waals surface area (Å²) >= 11 is 6.13. The molecule has 20 heavy (non-hydrogen) atoms. The molecule has 0 spiro atoms. The van der Waals surface area contributed by atoms with E-state index in [0.717, 1.165) is 12.0 Å². The smallest absolute Gasteiger partial charge is 0.239 e. The third-order valence-corrected chi connectivity index (χ3v) is 3.11. The number of nitrogens with zero attached hydrogens (tertiary/aromatic N) is 2. The van der Waals surface area contributed by atoms with Gasteiger partial charge < -0.3 is 10.6 Å². The Morgan fingerprint density at radius 2 is 1.95 bits per heavy atom. The molecule has 0 aliphatic heterocycles. The van der Waals surface area contributed by atoms with E-state index in [1.807, 2.05) is 34.6 Å². The molecule has 0 aromatic carbocycles. The molecule has 2 N–H and O–H groups in total. The fourth-order valence-corrected chi connectivity index (χ4v) is 1.66. The van der Waals surface area contributed by atoms with Crippen LogP contribution in [0.15, 0.2) is 0 Å². The lowest BCUT2D eigenvalue weighted by Crippen LogP contribution is -2.31. The maximum Gasteiger partial charge on any atom is 0.239 e. The van der Waals surface area contributed by atoms with Gasteiger partial charge in [0.05, 0.1) is 6.54 Å². The Kier molecular flexibility index (Phi) is 5.74. The first-order chi connectivity index (χ1) is 9.25. The van der Waals surface area contributed by atoms with E-state index in [2.05, 4.69) is 20.6 Å². The highest BCUT2D eigenvalue weighted by Gasteiger charge is 2.20. The van der Waals surface area contributed by atoms with Crippen LogP contribution in [0.1, 0.15) is 45.5 Å². The lowest BCUT2D eigenvalue weighted by Gasteiger charge is -2.19. The molecular weight excluding hydrogens is 276 g/mol. The molecule has 0 fully saturated rings. The Balaban J connectivity index is 2.84. The van der Waals surface area contributed by atoms with Crippen LogP contribution in [0.25, 0.3) is 0 Å². The number of amides is 1. The molecule has 1 aromatic heterocycles. The maximum atomic E-state index is 11.6. The van der Waals surface area contributed by atoms with Crippen LogP contribution in [0, 0.1) is 6.92 Å². The molecule has 0 bridgehead atoms. The number of carbonyl (C=O) groups excluding carboxylic acids is 1. The normalized spacial score (nSPS) is 11.3. The zero-order valence-corrected chi connectivity index (χ0v) is 13.6. The molecule has 0 radical (unpaired) electrons. The fraction of sp³-hybridized carbons (Fsp3) is 0.643. The molecule has 6 heteroatoms. The van der Waals surface area contributed by atoms with Crippen LogP contribution in [-0.2, 0) is 10.2 Å². The number of anilines is 1. The minimum atomic E-state index is -0.196. The second-order valence-electron chi connectivity index (χ2n) is 5.77. The van der Waals surface area contributed by atoms with E-state index >= 15 is 0 Å². The molecule has 112 valence electrons. The molecule has 0 aliphatic rings. The summed E-state index contributed by atoms with van der Waals surface area (Å²) in [5, 5.41) is 6.25. The number of aromatic nitrogens is 2. The first-order valence-corrected chi connectivity index (χ1v) is 7.18. The lowest BCUT2D eigenvalue weighted by molar-refractivity contribution is -0.119. The van der Waals surface area contributed by atoms with Gasteiger partial charge in [0.1, 0.15) is 16.8 Å². The molecule has 5 nitrogen and oxygen atoms in total. The third-order valence-electron chi connectivity index (χ3n) is 2.75. The van der Waals surface area contributed by atoms with Crippen molar-refractivity contribution >= 4 is 23.3 Å². The van der Waals surface area contributed by atoms with Gasteiger partial charge in [-0.25, -0.2) is 9.97 Å². The Labute approximate surface area is 125 Å². The molecule has 1 rings (SSSR count). The van der Waals surface area contributed by atoms with Gasteiger partial charge in [0.25, 0.3) is 0 Å². The van der Waals surface area contributed by atoms with Gasteiger partial charge in [-0.2, -0.15) is 0 Å². The predicted molar refractivity (Wildman–Crippen MR) is 82.3 cm³/mol. The molecule has 0 unspecified atom stereocenters. The Hall–Kier alpha value is -1.36. The van der Waals surface area contributed by atoms with Gasteiger partial charge in [-0.1, -0.05) is 39.3 Å². The van der Waals surface area contributed by atoms with Gasteiger partial charge in [-0.3, -0.25) is 4.79 Å². The van der Waals surface area contributed by atoms with Gasteiger partial charge in [-0.15, -0.1) is 0 Å². The van der Waals surface area contributed by atoms with Crippen molar-refractivity contribution in [2.24, 2.45) is 0 Å². The Bertz CT molecular complexity index is 483. The van der Waals surface area contributed by atoms with Crippen molar-refractivity contribution in [3.63, 3.8) is 0 Å². The van der Waals surface area contributed by atoms with Crippen molar-refractivity contribution in [3.05, 3.63) is 16.5 Å². The van der Waals surface area contributed by atoms with Crippen molar-refractivity contribution in [1.29, 1.82) is 0 Å². The van der Waals surface area contributed by atoms with Crippen molar-refractivity contribution in [3.8, 4) is 0 Å². The average Bonchev–Trinajstić information content (AvgIpc) is 2.36. The van der Waals surface area contributed by atoms with E-state index in [-0.39, 0.29) is 17.9 Å². The number of carbonyl (C=O) groups is 1. The first kappa shape index (κ1) is 16.7. The minimum absolute atomic E-state index is 0.0571. The topological polar surface area (TPSA) is 66.9 Å². The van der Waals surface area contributed by atoms with E-state index in [1.54, 1.807) is 0 Å². The van der Waals surface area contributed by atoms with Crippen LogP contribution < -0.4 is 10.6 Å². The van der Waals surface area contributed by atoms with Gasteiger partial charge in [0.15, 0.2) is 0 Å². The maximum absolute atomic E-state index is 11.6. The zero-order valence-electron chi connectivity index (χ0n) is 12.8. The largest absolute Gasteiger partial charge is 0.361 e. The summed E-state index contributed by atoms with van der Waals surface area (Å²) in [6.45, 7) is 10.8. The van der Waals surface area contributed by atoms with E-state index in [9.17, 15) is 4.79 Å².